The van der Waals surface area contributed by atoms with Gasteiger partial charge in [-0.05, 0) is 30.0 Å². The average Bonchev–Trinajstić information content (AvgIpc) is 2.75. The Bertz CT molecular complexity index is 465. The highest BCUT2D eigenvalue weighted by molar-refractivity contribution is 5.27. The van der Waals surface area contributed by atoms with Crippen molar-refractivity contribution in [1.29, 1.82) is 0 Å². The molecule has 0 atom stereocenters. The fourth-order valence-corrected chi connectivity index (χ4v) is 1.44. The highest BCUT2D eigenvalue weighted by atomic mass is 16.5. The van der Waals surface area contributed by atoms with Crippen molar-refractivity contribution < 1.29 is 4.74 Å². The van der Waals surface area contributed by atoms with E-state index in [9.17, 15) is 0 Å². The predicted molar refractivity (Wildman–Crippen MR) is 62.3 cm³/mol. The van der Waals surface area contributed by atoms with Gasteiger partial charge < -0.3 is 10.1 Å². The normalized spacial score (nSPS) is 10.5. The lowest BCUT2D eigenvalue weighted by Crippen LogP contribution is -2.04. The van der Waals surface area contributed by atoms with E-state index >= 15 is 0 Å². The van der Waals surface area contributed by atoms with Gasteiger partial charge in [-0.1, -0.05) is 12.1 Å². The summed E-state index contributed by atoms with van der Waals surface area (Å²) in [7, 11) is 3.65. The van der Waals surface area contributed by atoms with Gasteiger partial charge in [0.15, 0.2) is 6.61 Å². The number of aromatic nitrogens is 4. The van der Waals surface area contributed by atoms with Crippen molar-refractivity contribution in [1.82, 2.24) is 25.5 Å². The summed E-state index contributed by atoms with van der Waals surface area (Å²) in [5.41, 5.74) is 1.22. The van der Waals surface area contributed by atoms with Crippen molar-refractivity contribution in [2.24, 2.45) is 7.05 Å². The molecule has 1 aromatic heterocycles. The van der Waals surface area contributed by atoms with Crippen LogP contribution in [-0.2, 0) is 20.2 Å². The van der Waals surface area contributed by atoms with Crippen LogP contribution in [0.25, 0.3) is 0 Å². The largest absolute Gasteiger partial charge is 0.485 e. The summed E-state index contributed by atoms with van der Waals surface area (Å²) in [6, 6.07) is 7.91. The Morgan fingerprint density at radius 2 is 2.06 bits per heavy atom. The number of benzene rings is 1. The molecule has 1 N–H and O–H groups in total. The van der Waals surface area contributed by atoms with E-state index in [2.05, 4.69) is 20.7 Å². The van der Waals surface area contributed by atoms with Crippen LogP contribution in [0.3, 0.4) is 0 Å². The van der Waals surface area contributed by atoms with E-state index in [1.54, 1.807) is 7.05 Å². The van der Waals surface area contributed by atoms with Crippen molar-refractivity contribution in [3.8, 4) is 5.75 Å². The van der Waals surface area contributed by atoms with E-state index in [1.165, 1.54) is 10.4 Å². The molecule has 6 nitrogen and oxygen atoms in total. The molecule has 1 aromatic carbocycles. The lowest BCUT2D eigenvalue weighted by Gasteiger charge is -2.04. The first-order valence-corrected chi connectivity index (χ1v) is 5.37. The highest BCUT2D eigenvalue weighted by Crippen LogP contribution is 2.12. The van der Waals surface area contributed by atoms with E-state index in [1.807, 2.05) is 31.3 Å². The molecule has 2 aromatic rings. The van der Waals surface area contributed by atoms with Gasteiger partial charge in [-0.2, -0.15) is 4.80 Å². The summed E-state index contributed by atoms with van der Waals surface area (Å²) in [6.45, 7) is 1.19. The molecule has 0 fully saturated rings. The van der Waals surface area contributed by atoms with Crippen LogP contribution in [0.1, 0.15) is 11.4 Å². The van der Waals surface area contributed by atoms with Crippen molar-refractivity contribution >= 4 is 0 Å². The van der Waals surface area contributed by atoms with Crippen molar-refractivity contribution in [3.05, 3.63) is 35.7 Å². The molecule has 1 heterocycles. The summed E-state index contributed by atoms with van der Waals surface area (Å²) >= 11 is 0. The summed E-state index contributed by atoms with van der Waals surface area (Å²) in [6.07, 6.45) is 0. The Hall–Kier alpha value is -1.95. The maximum absolute atomic E-state index is 5.54. The Balaban J connectivity index is 1.90. The Morgan fingerprint density at radius 3 is 2.65 bits per heavy atom. The van der Waals surface area contributed by atoms with Gasteiger partial charge in [0.2, 0.25) is 5.82 Å². The van der Waals surface area contributed by atoms with Crippen LogP contribution in [0.4, 0.5) is 0 Å². The first-order valence-electron chi connectivity index (χ1n) is 5.37. The zero-order chi connectivity index (χ0) is 12.1. The quantitative estimate of drug-likeness (QED) is 0.815. The second-order valence-corrected chi connectivity index (χ2v) is 3.66. The van der Waals surface area contributed by atoms with Gasteiger partial charge in [-0.15, -0.1) is 10.2 Å². The van der Waals surface area contributed by atoms with Gasteiger partial charge >= 0.3 is 0 Å². The maximum atomic E-state index is 5.54. The number of tetrazole rings is 1. The second kappa shape index (κ2) is 5.40. The zero-order valence-electron chi connectivity index (χ0n) is 9.92. The van der Waals surface area contributed by atoms with Gasteiger partial charge in [0.1, 0.15) is 5.75 Å². The molecule has 0 bridgehead atoms. The van der Waals surface area contributed by atoms with E-state index in [0.29, 0.717) is 12.4 Å². The number of ether oxygens (including phenoxy) is 1. The molecule has 17 heavy (non-hydrogen) atoms. The van der Waals surface area contributed by atoms with Gasteiger partial charge in [-0.3, -0.25) is 0 Å². The van der Waals surface area contributed by atoms with Crippen LogP contribution in [0.5, 0.6) is 5.75 Å². The smallest absolute Gasteiger partial charge is 0.212 e. The summed E-state index contributed by atoms with van der Waals surface area (Å²) in [4.78, 5) is 1.41. The van der Waals surface area contributed by atoms with Crippen LogP contribution >= 0.6 is 0 Å². The first kappa shape index (κ1) is 11.5. The number of rotatable bonds is 5. The third kappa shape index (κ3) is 3.25. The standard InChI is InChI=1S/C11H15N5O/c1-12-7-9-3-5-10(6-4-9)17-8-11-13-15-16(2)14-11/h3-6,12H,7-8H2,1-2H3. The van der Waals surface area contributed by atoms with Gasteiger partial charge in [0, 0.05) is 6.54 Å². The molecule has 0 amide bonds. The fraction of sp³-hybridized carbons (Fsp3) is 0.364. The Labute approximate surface area is 99.6 Å². The van der Waals surface area contributed by atoms with Crippen molar-refractivity contribution in [3.63, 3.8) is 0 Å². The molecule has 0 aliphatic rings. The van der Waals surface area contributed by atoms with Crippen molar-refractivity contribution in [2.45, 2.75) is 13.2 Å². The van der Waals surface area contributed by atoms with Gasteiger partial charge in [0.05, 0.1) is 7.05 Å². The zero-order valence-corrected chi connectivity index (χ0v) is 9.92. The maximum Gasteiger partial charge on any atom is 0.212 e. The molecule has 0 radical (unpaired) electrons. The number of aryl methyl sites for hydroxylation is 1. The van der Waals surface area contributed by atoms with E-state index in [-0.39, 0.29) is 0 Å². The SMILES string of the molecule is CNCc1ccc(OCc2nnn(C)n2)cc1. The summed E-state index contributed by atoms with van der Waals surface area (Å²) in [5.74, 6) is 1.38. The van der Waals surface area contributed by atoms with E-state index in [4.69, 9.17) is 4.74 Å². The van der Waals surface area contributed by atoms with Gasteiger partial charge in [0.25, 0.3) is 0 Å². The van der Waals surface area contributed by atoms with Crippen LogP contribution in [-0.4, -0.2) is 27.3 Å². The molecular formula is C11H15N5O. The molecule has 0 aliphatic carbocycles. The third-order valence-corrected chi connectivity index (χ3v) is 2.22. The number of hydrogen-bond donors (Lipinski definition) is 1. The lowest BCUT2D eigenvalue weighted by molar-refractivity contribution is 0.295. The van der Waals surface area contributed by atoms with Gasteiger partial charge in [-0.25, -0.2) is 0 Å². The molecule has 0 aliphatic heterocycles. The van der Waals surface area contributed by atoms with Crippen LogP contribution in [0, 0.1) is 0 Å². The molecule has 6 heteroatoms. The predicted octanol–water partition coefficient (Wildman–Crippen LogP) is 0.508. The molecule has 2 rings (SSSR count). The molecule has 0 unspecified atom stereocenters. The highest BCUT2D eigenvalue weighted by Gasteiger charge is 2.01. The Morgan fingerprint density at radius 1 is 1.29 bits per heavy atom. The van der Waals surface area contributed by atoms with Crippen LogP contribution < -0.4 is 10.1 Å². The van der Waals surface area contributed by atoms with E-state index < -0.39 is 0 Å². The fourth-order valence-electron chi connectivity index (χ4n) is 1.44. The van der Waals surface area contributed by atoms with Crippen molar-refractivity contribution in [2.75, 3.05) is 7.05 Å². The third-order valence-electron chi connectivity index (χ3n) is 2.22. The average molecular weight is 233 g/mol. The molecule has 0 saturated carbocycles. The van der Waals surface area contributed by atoms with E-state index in [0.717, 1.165) is 12.3 Å². The minimum atomic E-state index is 0.333. The minimum Gasteiger partial charge on any atom is -0.485 e. The minimum absolute atomic E-state index is 0.333. The van der Waals surface area contributed by atoms with Crippen LogP contribution in [0.2, 0.25) is 0 Å². The first-order chi connectivity index (χ1) is 8.28. The summed E-state index contributed by atoms with van der Waals surface area (Å²) in [5, 5.41) is 14.7. The molecular weight excluding hydrogens is 218 g/mol. The number of hydrogen-bond acceptors (Lipinski definition) is 5. The molecule has 0 saturated heterocycles. The topological polar surface area (TPSA) is 64.9 Å². The number of nitrogens with one attached hydrogen (secondary N) is 1. The second-order valence-electron chi connectivity index (χ2n) is 3.66. The monoisotopic (exact) mass is 233 g/mol. The molecule has 90 valence electrons. The lowest BCUT2D eigenvalue weighted by atomic mass is 10.2. The summed E-state index contributed by atoms with van der Waals surface area (Å²) < 4.78 is 5.54. The number of nitrogens with zero attached hydrogens (tertiary/aromatic N) is 4. The van der Waals surface area contributed by atoms with Crippen LogP contribution in [0.15, 0.2) is 24.3 Å². The Kier molecular flexibility index (Phi) is 3.66. The molecule has 0 spiro atoms.